The molecular formula is C14H18N2OS. The van der Waals surface area contributed by atoms with Crippen LogP contribution in [0.4, 0.5) is 0 Å². The molecule has 96 valence electrons. The lowest BCUT2D eigenvalue weighted by Crippen LogP contribution is -2.23. The van der Waals surface area contributed by atoms with Gasteiger partial charge in [-0.1, -0.05) is 13.0 Å². The SMILES string of the molecule is CCNC(Cc1cccs1)c1ccncc1OC. The van der Waals surface area contributed by atoms with Crippen LogP contribution >= 0.6 is 11.3 Å². The number of nitrogens with one attached hydrogen (secondary N) is 1. The first-order valence-electron chi connectivity index (χ1n) is 6.08. The first-order valence-corrected chi connectivity index (χ1v) is 6.96. The Morgan fingerprint density at radius 1 is 1.44 bits per heavy atom. The molecule has 2 aromatic heterocycles. The molecule has 0 bridgehead atoms. The first-order chi connectivity index (χ1) is 8.85. The summed E-state index contributed by atoms with van der Waals surface area (Å²) in [5.41, 5.74) is 1.17. The lowest BCUT2D eigenvalue weighted by molar-refractivity contribution is 0.397. The zero-order chi connectivity index (χ0) is 12.8. The third-order valence-corrected chi connectivity index (χ3v) is 3.75. The van der Waals surface area contributed by atoms with Crippen molar-refractivity contribution in [2.45, 2.75) is 19.4 Å². The number of hydrogen-bond donors (Lipinski definition) is 1. The number of pyridine rings is 1. The predicted molar refractivity (Wildman–Crippen MR) is 75.2 cm³/mol. The second kappa shape index (κ2) is 6.52. The van der Waals surface area contributed by atoms with E-state index in [-0.39, 0.29) is 6.04 Å². The lowest BCUT2D eigenvalue weighted by Gasteiger charge is -2.19. The molecule has 0 aliphatic carbocycles. The van der Waals surface area contributed by atoms with Gasteiger partial charge in [-0.05, 0) is 24.1 Å². The standard InChI is InChI=1S/C14H18N2OS/c1-3-16-13(9-11-5-4-8-18-11)12-6-7-15-10-14(12)17-2/h4-8,10,13,16H,3,9H2,1-2H3. The summed E-state index contributed by atoms with van der Waals surface area (Å²) < 4.78 is 5.39. The second-order valence-electron chi connectivity index (χ2n) is 4.01. The molecule has 1 atom stereocenters. The summed E-state index contributed by atoms with van der Waals surface area (Å²) in [4.78, 5) is 5.48. The minimum absolute atomic E-state index is 0.270. The minimum atomic E-state index is 0.270. The summed E-state index contributed by atoms with van der Waals surface area (Å²) in [5.74, 6) is 0.847. The average Bonchev–Trinajstić information content (AvgIpc) is 2.91. The van der Waals surface area contributed by atoms with Gasteiger partial charge in [-0.25, -0.2) is 0 Å². The Morgan fingerprint density at radius 3 is 3.00 bits per heavy atom. The molecule has 0 radical (unpaired) electrons. The van der Waals surface area contributed by atoms with Gasteiger partial charge in [-0.2, -0.15) is 0 Å². The molecule has 0 spiro atoms. The fourth-order valence-electron chi connectivity index (χ4n) is 2.02. The molecule has 0 saturated carbocycles. The highest BCUT2D eigenvalue weighted by Gasteiger charge is 2.16. The fraction of sp³-hybridized carbons (Fsp3) is 0.357. The molecule has 2 aromatic rings. The maximum absolute atomic E-state index is 5.39. The van der Waals surface area contributed by atoms with Crippen LogP contribution in [0.15, 0.2) is 36.0 Å². The molecule has 2 rings (SSSR count). The minimum Gasteiger partial charge on any atom is -0.495 e. The summed E-state index contributed by atoms with van der Waals surface area (Å²) in [6, 6.07) is 6.56. The molecule has 0 aliphatic heterocycles. The van der Waals surface area contributed by atoms with Gasteiger partial charge in [0.1, 0.15) is 5.75 Å². The molecule has 3 nitrogen and oxygen atoms in total. The quantitative estimate of drug-likeness (QED) is 0.869. The second-order valence-corrected chi connectivity index (χ2v) is 5.04. The smallest absolute Gasteiger partial charge is 0.141 e. The summed E-state index contributed by atoms with van der Waals surface area (Å²) in [5, 5.41) is 5.62. The number of likely N-dealkylation sites (N-methyl/N-ethyl adjacent to an activating group) is 1. The number of ether oxygens (including phenoxy) is 1. The molecule has 4 heteroatoms. The van der Waals surface area contributed by atoms with Gasteiger partial charge in [0, 0.05) is 29.1 Å². The Hall–Kier alpha value is -1.39. The molecule has 0 amide bonds. The van der Waals surface area contributed by atoms with E-state index in [0.717, 1.165) is 18.7 Å². The van der Waals surface area contributed by atoms with E-state index in [0.29, 0.717) is 0 Å². The van der Waals surface area contributed by atoms with Crippen LogP contribution in [0, 0.1) is 0 Å². The monoisotopic (exact) mass is 262 g/mol. The van der Waals surface area contributed by atoms with Crippen molar-refractivity contribution in [3.8, 4) is 5.75 Å². The van der Waals surface area contributed by atoms with Crippen molar-refractivity contribution in [1.82, 2.24) is 10.3 Å². The molecule has 0 saturated heterocycles. The van der Waals surface area contributed by atoms with Crippen LogP contribution in [0.25, 0.3) is 0 Å². The van der Waals surface area contributed by atoms with Crippen LogP contribution in [0.2, 0.25) is 0 Å². The molecule has 0 fully saturated rings. The van der Waals surface area contributed by atoms with Crippen molar-refractivity contribution in [2.75, 3.05) is 13.7 Å². The fourth-order valence-corrected chi connectivity index (χ4v) is 2.77. The van der Waals surface area contributed by atoms with Gasteiger partial charge in [0.2, 0.25) is 0 Å². The van der Waals surface area contributed by atoms with Crippen LogP contribution in [-0.4, -0.2) is 18.6 Å². The molecule has 1 N–H and O–H groups in total. The van der Waals surface area contributed by atoms with Crippen LogP contribution in [0.5, 0.6) is 5.75 Å². The van der Waals surface area contributed by atoms with Crippen LogP contribution in [0.1, 0.15) is 23.4 Å². The molecular weight excluding hydrogens is 244 g/mol. The van der Waals surface area contributed by atoms with E-state index in [9.17, 15) is 0 Å². The number of methoxy groups -OCH3 is 1. The Labute approximate surface area is 112 Å². The van der Waals surface area contributed by atoms with Gasteiger partial charge in [-0.15, -0.1) is 11.3 Å². The number of aromatic nitrogens is 1. The average molecular weight is 262 g/mol. The van der Waals surface area contributed by atoms with Crippen molar-refractivity contribution < 1.29 is 4.74 Å². The van der Waals surface area contributed by atoms with Crippen LogP contribution in [0.3, 0.4) is 0 Å². The Kier molecular flexibility index (Phi) is 4.73. The first kappa shape index (κ1) is 13.1. The van der Waals surface area contributed by atoms with Gasteiger partial charge in [-0.3, -0.25) is 4.98 Å². The van der Waals surface area contributed by atoms with Crippen LogP contribution < -0.4 is 10.1 Å². The van der Waals surface area contributed by atoms with E-state index in [1.165, 1.54) is 10.4 Å². The van der Waals surface area contributed by atoms with Gasteiger partial charge in [0.05, 0.1) is 13.3 Å². The van der Waals surface area contributed by atoms with E-state index in [2.05, 4.69) is 34.7 Å². The number of thiophene rings is 1. The number of nitrogens with zero attached hydrogens (tertiary/aromatic N) is 1. The summed E-state index contributed by atoms with van der Waals surface area (Å²) >= 11 is 1.79. The Balaban J connectivity index is 2.23. The van der Waals surface area contributed by atoms with E-state index >= 15 is 0 Å². The van der Waals surface area contributed by atoms with Gasteiger partial charge >= 0.3 is 0 Å². The third-order valence-electron chi connectivity index (χ3n) is 2.85. The zero-order valence-electron chi connectivity index (χ0n) is 10.7. The predicted octanol–water partition coefficient (Wildman–Crippen LogP) is 3.05. The number of hydrogen-bond acceptors (Lipinski definition) is 4. The molecule has 0 aromatic carbocycles. The maximum Gasteiger partial charge on any atom is 0.141 e. The lowest BCUT2D eigenvalue weighted by atomic mass is 10.0. The topological polar surface area (TPSA) is 34.2 Å². The summed E-state index contributed by atoms with van der Waals surface area (Å²) in [6.07, 6.45) is 4.57. The van der Waals surface area contributed by atoms with Crippen LogP contribution in [-0.2, 0) is 6.42 Å². The molecule has 18 heavy (non-hydrogen) atoms. The van der Waals surface area contributed by atoms with Gasteiger partial charge in [0.15, 0.2) is 0 Å². The highest BCUT2D eigenvalue weighted by molar-refractivity contribution is 7.09. The molecule has 1 unspecified atom stereocenters. The molecule has 0 aliphatic rings. The normalized spacial score (nSPS) is 12.3. The van der Waals surface area contributed by atoms with Crippen molar-refractivity contribution in [3.63, 3.8) is 0 Å². The zero-order valence-corrected chi connectivity index (χ0v) is 11.5. The highest BCUT2D eigenvalue weighted by Crippen LogP contribution is 2.27. The van der Waals surface area contributed by atoms with E-state index < -0.39 is 0 Å². The van der Waals surface area contributed by atoms with Crippen molar-refractivity contribution in [1.29, 1.82) is 0 Å². The highest BCUT2D eigenvalue weighted by atomic mass is 32.1. The largest absolute Gasteiger partial charge is 0.495 e. The Bertz CT molecular complexity index is 470. The maximum atomic E-state index is 5.39. The molecule has 2 heterocycles. The van der Waals surface area contributed by atoms with Crippen molar-refractivity contribution >= 4 is 11.3 Å². The van der Waals surface area contributed by atoms with Gasteiger partial charge in [0.25, 0.3) is 0 Å². The summed E-state index contributed by atoms with van der Waals surface area (Å²) in [7, 11) is 1.69. The van der Waals surface area contributed by atoms with E-state index in [1.54, 1.807) is 24.6 Å². The van der Waals surface area contributed by atoms with E-state index in [1.807, 2.05) is 12.3 Å². The van der Waals surface area contributed by atoms with Crippen molar-refractivity contribution in [3.05, 3.63) is 46.4 Å². The van der Waals surface area contributed by atoms with E-state index in [4.69, 9.17) is 4.74 Å². The Morgan fingerprint density at radius 2 is 2.33 bits per heavy atom. The number of rotatable bonds is 6. The summed E-state index contributed by atoms with van der Waals surface area (Å²) in [6.45, 7) is 3.05. The van der Waals surface area contributed by atoms with Crippen molar-refractivity contribution in [2.24, 2.45) is 0 Å². The third kappa shape index (κ3) is 3.09. The van der Waals surface area contributed by atoms with Gasteiger partial charge < -0.3 is 10.1 Å².